The van der Waals surface area contributed by atoms with Gasteiger partial charge >= 0.3 is 0 Å². The van der Waals surface area contributed by atoms with Gasteiger partial charge in [-0.15, -0.1) is 0 Å². The summed E-state index contributed by atoms with van der Waals surface area (Å²) in [5.74, 6) is 1.83. The molecular weight excluding hydrogens is 915 g/mol. The minimum Gasteiger partial charge on any atom is -0.354 e. The molecule has 9 rings (SSSR count). The molecule has 2 aromatic carbocycles. The summed E-state index contributed by atoms with van der Waals surface area (Å²) in [5, 5.41) is 6.34. The van der Waals surface area contributed by atoms with Crippen molar-refractivity contribution in [1.82, 2.24) is 40.2 Å². The number of carbonyl (C=O) groups is 3. The number of aryl methyl sites for hydroxylation is 3. The van der Waals surface area contributed by atoms with Crippen LogP contribution in [0, 0.1) is 26.6 Å². The number of amides is 3. The zero-order valence-corrected chi connectivity index (χ0v) is 43.7. The third-order valence-electron chi connectivity index (χ3n) is 15.4. The van der Waals surface area contributed by atoms with Crippen molar-refractivity contribution in [3.8, 4) is 0 Å². The van der Waals surface area contributed by atoms with Gasteiger partial charge in [0.15, 0.2) is 0 Å². The number of nitrogens with zero attached hydrogens (tertiary/aromatic N) is 8. The lowest BCUT2D eigenvalue weighted by atomic mass is 9.97. The first-order valence-corrected chi connectivity index (χ1v) is 26.8. The second-order valence-corrected chi connectivity index (χ2v) is 20.9. The number of pyridine rings is 2. The summed E-state index contributed by atoms with van der Waals surface area (Å²) >= 11 is 5.90. The van der Waals surface area contributed by atoms with Crippen LogP contribution in [0.5, 0.6) is 0 Å². The Balaban J connectivity index is 0.000000191. The number of halogens is 2. The van der Waals surface area contributed by atoms with E-state index in [1.54, 1.807) is 24.5 Å². The molecule has 2 atom stereocenters. The maximum atomic E-state index is 14.2. The van der Waals surface area contributed by atoms with Gasteiger partial charge in [0.05, 0.1) is 11.1 Å². The monoisotopic (exact) mass is 991 g/mol. The van der Waals surface area contributed by atoms with Crippen LogP contribution in [0.25, 0.3) is 0 Å². The summed E-state index contributed by atoms with van der Waals surface area (Å²) in [6, 6.07) is 19.2. The molecule has 0 unspecified atom stereocenters. The van der Waals surface area contributed by atoms with Crippen LogP contribution in [-0.2, 0) is 6.54 Å². The van der Waals surface area contributed by atoms with Crippen LogP contribution >= 0.6 is 11.6 Å². The zero-order chi connectivity index (χ0) is 50.2. The third-order valence-corrected chi connectivity index (χ3v) is 15.7. The van der Waals surface area contributed by atoms with Crippen LogP contribution in [0.3, 0.4) is 0 Å². The molecule has 382 valence electrons. The van der Waals surface area contributed by atoms with Crippen LogP contribution in [0.15, 0.2) is 67.0 Å². The molecule has 3 amide bonds. The molecule has 15 heteroatoms. The average Bonchev–Trinajstić information content (AvgIpc) is 4.21. The summed E-state index contributed by atoms with van der Waals surface area (Å²) in [6.45, 7) is 23.2. The Morgan fingerprint density at radius 1 is 0.648 bits per heavy atom. The molecule has 4 aliphatic heterocycles. The lowest BCUT2D eigenvalue weighted by Gasteiger charge is -2.48. The summed E-state index contributed by atoms with van der Waals surface area (Å²) < 4.78 is 14.2. The molecule has 1 aliphatic carbocycles. The Hall–Kier alpha value is -5.15. The molecule has 0 radical (unpaired) electrons. The van der Waals surface area contributed by atoms with Crippen molar-refractivity contribution in [2.75, 3.05) is 81.8 Å². The first-order chi connectivity index (χ1) is 34.3. The van der Waals surface area contributed by atoms with E-state index in [9.17, 15) is 18.8 Å². The number of rotatable bonds is 13. The Kier molecular flexibility index (Phi) is 17.7. The van der Waals surface area contributed by atoms with E-state index < -0.39 is 0 Å². The minimum absolute atomic E-state index is 0.0110. The molecular formula is C56H76ClFN10O3. The van der Waals surface area contributed by atoms with E-state index in [2.05, 4.69) is 60.9 Å². The van der Waals surface area contributed by atoms with Crippen molar-refractivity contribution in [2.24, 2.45) is 0 Å². The van der Waals surface area contributed by atoms with Gasteiger partial charge in [-0.3, -0.25) is 29.1 Å². The van der Waals surface area contributed by atoms with Crippen molar-refractivity contribution < 1.29 is 18.8 Å². The van der Waals surface area contributed by atoms with Crippen molar-refractivity contribution in [3.63, 3.8) is 0 Å². The largest absolute Gasteiger partial charge is 0.354 e. The number of carbonyl (C=O) groups excluding carboxylic acids is 3. The molecule has 2 N–H and O–H groups in total. The van der Waals surface area contributed by atoms with Gasteiger partial charge in [0.2, 0.25) is 0 Å². The molecule has 13 nitrogen and oxygen atoms in total. The summed E-state index contributed by atoms with van der Waals surface area (Å²) in [7, 11) is 0. The highest BCUT2D eigenvalue weighted by Crippen LogP contribution is 2.30. The molecule has 5 aliphatic rings. The van der Waals surface area contributed by atoms with Crippen LogP contribution in [0.2, 0.25) is 5.02 Å². The number of piperazine rings is 2. The number of piperidine rings is 2. The number of nitrogens with one attached hydrogen (secondary N) is 2. The fraction of sp³-hybridized carbons (Fsp3) is 0.554. The van der Waals surface area contributed by atoms with Gasteiger partial charge in [0, 0.05) is 124 Å². The number of anilines is 2. The molecule has 4 aromatic rings. The number of likely N-dealkylation sites (tertiary alicyclic amines) is 2. The van der Waals surface area contributed by atoms with Crippen LogP contribution in [0.1, 0.15) is 125 Å². The molecule has 1 saturated carbocycles. The van der Waals surface area contributed by atoms with E-state index in [1.807, 2.05) is 62.1 Å². The first kappa shape index (κ1) is 52.2. The average molecular weight is 992 g/mol. The van der Waals surface area contributed by atoms with Crippen LogP contribution in [0.4, 0.5) is 16.0 Å². The van der Waals surface area contributed by atoms with Crippen LogP contribution < -0.4 is 20.4 Å². The Labute approximate surface area is 426 Å². The van der Waals surface area contributed by atoms with Gasteiger partial charge in [-0.25, -0.2) is 14.4 Å². The molecule has 4 saturated heterocycles. The van der Waals surface area contributed by atoms with Gasteiger partial charge in [0.25, 0.3) is 17.7 Å². The molecule has 6 heterocycles. The molecule has 2 aromatic heterocycles. The van der Waals surface area contributed by atoms with Crippen LogP contribution in [-0.4, -0.2) is 149 Å². The quantitative estimate of drug-likeness (QED) is 0.136. The maximum absolute atomic E-state index is 14.2. The smallest absolute Gasteiger partial charge is 0.253 e. The lowest BCUT2D eigenvalue weighted by molar-refractivity contribution is 0.0490. The standard InChI is InChI=1S/C29H39N5O2.C27H37ClFN5O/c1-4-25-19-33(27-21(3)17-23(18-30-27)28(35)31-24-9-10-24)15-16-34(25)26-11-13-32(14-12-26)29(36)22-7-5-20(2)6-8-22;1-4-23-18-33(26-19(3)14-21(16-31-26)27(35)30-5-2)12-13-34(23)24-8-10-32(11-9-24)17-20-6-7-22(28)15-25(20)29/h5-8,17-18,24-26H,4,9-16,19H2,1-3H3,(H,31,35);6-7,14-16,23-24H,4-5,8-13,17-18H2,1-3H3,(H,30,35)/t25-;23-/m00/s1. The van der Waals surface area contributed by atoms with Crippen molar-refractivity contribution in [2.45, 2.75) is 130 Å². The summed E-state index contributed by atoms with van der Waals surface area (Å²) in [4.78, 5) is 61.4. The van der Waals surface area contributed by atoms with E-state index >= 15 is 0 Å². The lowest BCUT2D eigenvalue weighted by Crippen LogP contribution is -2.58. The topological polar surface area (TPSA) is 120 Å². The molecule has 0 bridgehead atoms. The highest BCUT2D eigenvalue weighted by Gasteiger charge is 2.36. The van der Waals surface area contributed by atoms with Gasteiger partial charge in [-0.2, -0.15) is 0 Å². The van der Waals surface area contributed by atoms with Gasteiger partial charge in [-0.1, -0.05) is 49.2 Å². The zero-order valence-electron chi connectivity index (χ0n) is 42.9. The number of hydrogen-bond donors (Lipinski definition) is 2. The number of hydrogen-bond acceptors (Lipinski definition) is 10. The first-order valence-electron chi connectivity index (χ1n) is 26.4. The Morgan fingerprint density at radius 3 is 1.68 bits per heavy atom. The van der Waals surface area contributed by atoms with E-state index in [4.69, 9.17) is 16.6 Å². The fourth-order valence-electron chi connectivity index (χ4n) is 11.2. The van der Waals surface area contributed by atoms with E-state index in [-0.39, 0.29) is 23.5 Å². The summed E-state index contributed by atoms with van der Waals surface area (Å²) in [6.07, 6.45) is 12.0. The Bertz CT molecular complexity index is 2460. The highest BCUT2D eigenvalue weighted by molar-refractivity contribution is 6.30. The molecule has 71 heavy (non-hydrogen) atoms. The van der Waals surface area contributed by atoms with Crippen molar-refractivity contribution >= 4 is 41.0 Å². The number of aromatic nitrogens is 2. The third kappa shape index (κ3) is 13.1. The minimum atomic E-state index is -0.218. The second kappa shape index (κ2) is 24.0. The van der Waals surface area contributed by atoms with Gasteiger partial charge in [-0.05, 0) is 140 Å². The second-order valence-electron chi connectivity index (χ2n) is 20.5. The van der Waals surface area contributed by atoms with E-state index in [0.29, 0.717) is 65.0 Å². The van der Waals surface area contributed by atoms with E-state index in [0.717, 1.165) is 145 Å². The predicted molar refractivity (Wildman–Crippen MR) is 282 cm³/mol. The van der Waals surface area contributed by atoms with Gasteiger partial charge in [0.1, 0.15) is 17.5 Å². The van der Waals surface area contributed by atoms with Crippen molar-refractivity contribution in [3.05, 3.63) is 117 Å². The maximum Gasteiger partial charge on any atom is 0.253 e. The SMILES string of the molecule is CCNC(=O)c1cnc(N2CCN(C3CCN(Cc4ccc(Cl)cc4F)CC3)[C@@H](CC)C2)c(C)c1.CC[C@H]1CN(c2ncc(C(=O)NC3CC3)cc2C)CCN1C1CCN(C(=O)c2ccc(C)cc2)CC1. The summed E-state index contributed by atoms with van der Waals surface area (Å²) in [5.41, 5.74) is 6.05. The van der Waals surface area contributed by atoms with Crippen molar-refractivity contribution in [1.29, 1.82) is 0 Å². The fourth-order valence-corrected chi connectivity index (χ4v) is 11.4. The molecule has 5 fully saturated rings. The van der Waals surface area contributed by atoms with Gasteiger partial charge < -0.3 is 25.3 Å². The highest BCUT2D eigenvalue weighted by atomic mass is 35.5. The van der Waals surface area contributed by atoms with E-state index in [1.165, 1.54) is 11.6 Å². The predicted octanol–water partition coefficient (Wildman–Crippen LogP) is 8.29. The number of benzene rings is 2. The Morgan fingerprint density at radius 2 is 1.18 bits per heavy atom. The normalized spacial score (nSPS) is 20.9. The molecule has 0 spiro atoms.